The van der Waals surface area contributed by atoms with Crippen LogP contribution in [-0.2, 0) is 10.8 Å². The molecule has 2 atom stereocenters. The number of hydrogen-bond acceptors (Lipinski definition) is 1. The van der Waals surface area contributed by atoms with Crippen molar-refractivity contribution in [2.75, 3.05) is 4.90 Å². The summed E-state index contributed by atoms with van der Waals surface area (Å²) >= 11 is 0. The van der Waals surface area contributed by atoms with Crippen molar-refractivity contribution in [3.8, 4) is 16.9 Å². The molecule has 1 aromatic heterocycles. The fourth-order valence-electron chi connectivity index (χ4n) is 9.19. The topological polar surface area (TPSA) is 8.17 Å². The number of nitrogens with zero attached hydrogens (tertiary/aromatic N) is 2. The zero-order valence-corrected chi connectivity index (χ0v) is 24.9. The van der Waals surface area contributed by atoms with Crippen molar-refractivity contribution >= 4 is 45.4 Å². The average Bonchev–Trinajstić information content (AvgIpc) is 3.45. The fourth-order valence-corrected chi connectivity index (χ4v) is 9.19. The van der Waals surface area contributed by atoms with Crippen molar-refractivity contribution in [3.63, 3.8) is 0 Å². The third-order valence-electron chi connectivity index (χ3n) is 11.5. The van der Waals surface area contributed by atoms with Crippen LogP contribution < -0.4 is 21.3 Å². The van der Waals surface area contributed by atoms with Crippen molar-refractivity contribution in [2.24, 2.45) is 0 Å². The van der Waals surface area contributed by atoms with Crippen molar-refractivity contribution in [1.29, 1.82) is 0 Å². The van der Waals surface area contributed by atoms with E-state index in [2.05, 4.69) is 129 Å². The fraction of sp³-hybridized carbons (Fsp3) is 0.316. The molecular weight excluding hydrogens is 495 g/mol. The first-order valence-corrected chi connectivity index (χ1v) is 15.5. The Hall–Kier alpha value is -3.72. The van der Waals surface area contributed by atoms with Crippen LogP contribution in [0.4, 0.5) is 11.4 Å². The van der Waals surface area contributed by atoms with E-state index in [0.717, 1.165) is 0 Å². The van der Waals surface area contributed by atoms with E-state index in [9.17, 15) is 0 Å². The van der Waals surface area contributed by atoms with Crippen LogP contribution in [0.2, 0.25) is 0 Å². The molecule has 0 amide bonds. The highest BCUT2D eigenvalue weighted by atomic mass is 15.3. The highest BCUT2D eigenvalue weighted by Crippen LogP contribution is 2.61. The van der Waals surface area contributed by atoms with E-state index < -0.39 is 0 Å². The molecule has 3 aliphatic heterocycles. The molecule has 4 aliphatic rings. The van der Waals surface area contributed by atoms with Crippen LogP contribution in [-0.4, -0.2) is 16.8 Å². The van der Waals surface area contributed by atoms with Crippen molar-refractivity contribution < 1.29 is 0 Å². The number of fused-ring (bicyclic) bond motifs is 7. The predicted octanol–water partition coefficient (Wildman–Crippen LogP) is 7.48. The predicted molar refractivity (Wildman–Crippen MR) is 175 cm³/mol. The Morgan fingerprint density at radius 2 is 1.51 bits per heavy atom. The minimum absolute atomic E-state index is 0.0597. The van der Waals surface area contributed by atoms with Crippen molar-refractivity contribution in [1.82, 2.24) is 4.57 Å². The molecule has 0 N–H and O–H groups in total. The zero-order valence-electron chi connectivity index (χ0n) is 24.9. The monoisotopic (exact) mass is 532 g/mol. The Kier molecular flexibility index (Phi) is 4.42. The minimum Gasteiger partial charge on any atom is -0.335 e. The Bertz CT molecular complexity index is 1930. The quantitative estimate of drug-likeness (QED) is 0.199. The summed E-state index contributed by atoms with van der Waals surface area (Å²) in [4.78, 5) is 2.83. The molecule has 2 nitrogen and oxygen atoms in total. The molecule has 202 valence electrons. The van der Waals surface area contributed by atoms with E-state index in [1.807, 2.05) is 0 Å². The van der Waals surface area contributed by atoms with Gasteiger partial charge in [0.15, 0.2) is 0 Å². The SMILES string of the molecule is CC(C)(C)c1cc2c3c(c1)C1(C)CCCCC1(C)N3c1cccc3c1B2c1cccc2cc(-c4ccccc4)n-3c12. The number of anilines is 2. The maximum Gasteiger partial charge on any atom is 0.252 e. The second-order valence-electron chi connectivity index (χ2n) is 14.5. The molecule has 0 saturated heterocycles. The van der Waals surface area contributed by atoms with E-state index in [1.54, 1.807) is 5.56 Å². The maximum absolute atomic E-state index is 2.83. The molecule has 3 heteroatoms. The van der Waals surface area contributed by atoms with Crippen LogP contribution in [0.25, 0.3) is 27.8 Å². The number of benzene rings is 4. The van der Waals surface area contributed by atoms with Crippen LogP contribution in [0.3, 0.4) is 0 Å². The van der Waals surface area contributed by atoms with Gasteiger partial charge in [0, 0.05) is 33.4 Å². The minimum atomic E-state index is 0.0597. The first kappa shape index (κ1) is 23.9. The Balaban J connectivity index is 1.45. The van der Waals surface area contributed by atoms with Crippen LogP contribution in [0, 0.1) is 0 Å². The van der Waals surface area contributed by atoms with Crippen LogP contribution in [0.5, 0.6) is 0 Å². The van der Waals surface area contributed by atoms with Crippen molar-refractivity contribution in [3.05, 3.63) is 96.1 Å². The van der Waals surface area contributed by atoms with Gasteiger partial charge in [0.1, 0.15) is 0 Å². The zero-order chi connectivity index (χ0) is 27.9. The number of para-hydroxylation sites is 1. The van der Waals surface area contributed by atoms with Gasteiger partial charge in [-0.2, -0.15) is 0 Å². The summed E-state index contributed by atoms with van der Waals surface area (Å²) in [6.07, 6.45) is 5.11. The molecule has 5 aromatic rings. The van der Waals surface area contributed by atoms with Gasteiger partial charge in [-0.15, -0.1) is 0 Å². The number of aromatic nitrogens is 1. The summed E-state index contributed by atoms with van der Waals surface area (Å²) in [7, 11) is 0. The molecule has 4 heterocycles. The summed E-state index contributed by atoms with van der Waals surface area (Å²) in [5.74, 6) is 0. The summed E-state index contributed by atoms with van der Waals surface area (Å²) in [5, 5.41) is 1.33. The van der Waals surface area contributed by atoms with E-state index in [4.69, 9.17) is 0 Å². The maximum atomic E-state index is 2.83. The number of hydrogen-bond donors (Lipinski definition) is 0. The van der Waals surface area contributed by atoms with Gasteiger partial charge < -0.3 is 9.47 Å². The molecule has 1 fully saturated rings. The van der Waals surface area contributed by atoms with Gasteiger partial charge in [-0.3, -0.25) is 0 Å². The first-order chi connectivity index (χ1) is 19.7. The lowest BCUT2D eigenvalue weighted by Crippen LogP contribution is -2.64. The standard InChI is InChI=1S/C38H37BN2/c1-36(2,3)26-22-27-35-29(23-26)39-28-16-11-15-25-21-32(24-13-7-6-8-14-24)40(34(25)28)30-17-12-18-31(33(30)39)41(35)38(5)20-10-9-19-37(27,38)4/h6-8,11-18,21-23H,9-10,19-20H2,1-5H3. The van der Waals surface area contributed by atoms with Gasteiger partial charge in [-0.1, -0.05) is 107 Å². The Morgan fingerprint density at radius 3 is 2.32 bits per heavy atom. The average molecular weight is 533 g/mol. The summed E-state index contributed by atoms with van der Waals surface area (Å²) in [5.41, 5.74) is 16.0. The molecule has 1 aliphatic carbocycles. The van der Waals surface area contributed by atoms with Gasteiger partial charge in [0.25, 0.3) is 6.71 Å². The molecule has 41 heavy (non-hydrogen) atoms. The lowest BCUT2D eigenvalue weighted by atomic mass is 9.33. The van der Waals surface area contributed by atoms with E-state index in [1.165, 1.54) is 86.9 Å². The van der Waals surface area contributed by atoms with E-state index in [0.29, 0.717) is 0 Å². The third-order valence-corrected chi connectivity index (χ3v) is 11.5. The Labute approximate surface area is 244 Å². The molecule has 1 saturated carbocycles. The highest BCUT2D eigenvalue weighted by molar-refractivity contribution is 7.00. The molecule has 0 spiro atoms. The summed E-state index contributed by atoms with van der Waals surface area (Å²) < 4.78 is 2.58. The normalized spacial score (nSPS) is 23.4. The summed E-state index contributed by atoms with van der Waals surface area (Å²) in [6.45, 7) is 12.6. The highest BCUT2D eigenvalue weighted by Gasteiger charge is 2.61. The molecular formula is C38H37BN2. The second kappa shape index (κ2) is 7.56. The van der Waals surface area contributed by atoms with E-state index in [-0.39, 0.29) is 23.1 Å². The van der Waals surface area contributed by atoms with Gasteiger partial charge in [-0.25, -0.2) is 0 Å². The van der Waals surface area contributed by atoms with Gasteiger partial charge in [0.05, 0.1) is 11.2 Å². The lowest BCUT2D eigenvalue weighted by molar-refractivity contribution is 0.195. The molecule has 0 radical (unpaired) electrons. The Morgan fingerprint density at radius 1 is 0.756 bits per heavy atom. The van der Waals surface area contributed by atoms with Gasteiger partial charge in [-0.05, 0) is 76.5 Å². The first-order valence-electron chi connectivity index (χ1n) is 15.5. The van der Waals surface area contributed by atoms with Gasteiger partial charge >= 0.3 is 0 Å². The smallest absolute Gasteiger partial charge is 0.252 e. The van der Waals surface area contributed by atoms with Crippen LogP contribution in [0.1, 0.15) is 71.4 Å². The number of rotatable bonds is 1. The molecule has 9 rings (SSSR count). The molecule has 4 aromatic carbocycles. The van der Waals surface area contributed by atoms with Gasteiger partial charge in [0.2, 0.25) is 0 Å². The molecule has 0 bridgehead atoms. The second-order valence-corrected chi connectivity index (χ2v) is 14.5. The summed E-state index contributed by atoms with van der Waals surface area (Å²) in [6, 6.07) is 32.7. The van der Waals surface area contributed by atoms with Crippen LogP contribution >= 0.6 is 0 Å². The van der Waals surface area contributed by atoms with Crippen LogP contribution in [0.15, 0.2) is 84.9 Å². The van der Waals surface area contributed by atoms with Crippen molar-refractivity contribution in [2.45, 2.75) is 76.7 Å². The lowest BCUT2D eigenvalue weighted by Gasteiger charge is -2.52. The van der Waals surface area contributed by atoms with E-state index >= 15 is 0 Å². The largest absolute Gasteiger partial charge is 0.335 e. The third kappa shape index (κ3) is 2.76. The molecule has 2 unspecified atom stereocenters.